The standard InChI is InChI=1S/C25H32ClN3O6/c1-14-11-16(27-9-10-28-24(32)29-15-7-5-4-6-8-15)12-19(30)25(14)23(31)20-17(33-2)13-18(34-3)21(26)22(20)35-25/h12-15,27H,4-11H2,1-3H3,(H2,28,29,32)/t14-,25+/m1/s1. The van der Waals surface area contributed by atoms with Crippen molar-refractivity contribution in [1.82, 2.24) is 16.0 Å². The van der Waals surface area contributed by atoms with Gasteiger partial charge in [-0.25, -0.2) is 4.79 Å². The number of carbonyl (C=O) groups is 3. The maximum atomic E-state index is 13.5. The maximum absolute atomic E-state index is 13.5. The van der Waals surface area contributed by atoms with E-state index in [9.17, 15) is 14.4 Å². The van der Waals surface area contributed by atoms with Crippen molar-refractivity contribution >= 4 is 29.2 Å². The van der Waals surface area contributed by atoms with Gasteiger partial charge < -0.3 is 30.2 Å². The molecule has 1 saturated carbocycles. The number of benzene rings is 1. The Hall–Kier alpha value is -2.94. The first-order valence-electron chi connectivity index (χ1n) is 12.0. The molecule has 2 amide bonds. The van der Waals surface area contributed by atoms with E-state index in [1.807, 2.05) is 0 Å². The monoisotopic (exact) mass is 505 g/mol. The molecule has 1 fully saturated rings. The Morgan fingerprint density at radius 1 is 1.14 bits per heavy atom. The lowest BCUT2D eigenvalue weighted by molar-refractivity contribution is -0.129. The fourth-order valence-corrected chi connectivity index (χ4v) is 5.40. The van der Waals surface area contributed by atoms with Crippen LogP contribution in [0.15, 0.2) is 17.8 Å². The number of carbonyl (C=O) groups excluding carboxylic acids is 3. The van der Waals surface area contributed by atoms with Gasteiger partial charge in [0.05, 0.1) is 14.2 Å². The topological polar surface area (TPSA) is 115 Å². The van der Waals surface area contributed by atoms with Gasteiger partial charge in [0, 0.05) is 42.9 Å². The second-order valence-electron chi connectivity index (χ2n) is 9.27. The van der Waals surface area contributed by atoms with Crippen LogP contribution in [-0.4, -0.2) is 56.5 Å². The molecule has 190 valence electrons. The smallest absolute Gasteiger partial charge is 0.315 e. The average molecular weight is 506 g/mol. The van der Waals surface area contributed by atoms with E-state index < -0.39 is 23.1 Å². The number of Topliss-reactive ketones (excluding diaryl/α,β-unsaturated/α-hetero) is 1. The Kier molecular flexibility index (Phi) is 7.44. The number of fused-ring (bicyclic) bond motifs is 1. The van der Waals surface area contributed by atoms with Crippen molar-refractivity contribution in [2.75, 3.05) is 27.3 Å². The highest BCUT2D eigenvalue weighted by molar-refractivity contribution is 6.36. The van der Waals surface area contributed by atoms with E-state index in [-0.39, 0.29) is 34.2 Å². The van der Waals surface area contributed by atoms with E-state index in [2.05, 4.69) is 16.0 Å². The molecular weight excluding hydrogens is 474 g/mol. The van der Waals surface area contributed by atoms with Crippen LogP contribution >= 0.6 is 11.6 Å². The van der Waals surface area contributed by atoms with Gasteiger partial charge in [0.1, 0.15) is 22.1 Å². The first-order chi connectivity index (χ1) is 16.8. The lowest BCUT2D eigenvalue weighted by atomic mass is 9.74. The highest BCUT2D eigenvalue weighted by Gasteiger charge is 2.60. The first-order valence-corrected chi connectivity index (χ1v) is 12.4. The number of methoxy groups -OCH3 is 2. The van der Waals surface area contributed by atoms with Crippen LogP contribution in [0.1, 0.15) is 55.8 Å². The number of rotatable bonds is 7. The zero-order valence-electron chi connectivity index (χ0n) is 20.3. The van der Waals surface area contributed by atoms with Gasteiger partial charge in [-0.15, -0.1) is 0 Å². The molecule has 0 aromatic heterocycles. The van der Waals surface area contributed by atoms with E-state index in [0.717, 1.165) is 25.7 Å². The molecule has 0 radical (unpaired) electrons. The van der Waals surface area contributed by atoms with Crippen molar-refractivity contribution in [2.45, 2.75) is 57.1 Å². The highest BCUT2D eigenvalue weighted by atomic mass is 35.5. The summed E-state index contributed by atoms with van der Waals surface area (Å²) in [5.74, 6) is -0.750. The SMILES string of the molecule is COc1cc(OC)c2c(c1Cl)O[C@@]1(C(=O)C=C(NCCNC(=O)NC3CCCCC3)C[C@H]1C)C2=O. The predicted octanol–water partition coefficient (Wildman–Crippen LogP) is 3.39. The number of ether oxygens (including phenoxy) is 3. The van der Waals surface area contributed by atoms with Gasteiger partial charge in [0.15, 0.2) is 5.75 Å². The zero-order chi connectivity index (χ0) is 25.2. The van der Waals surface area contributed by atoms with Crippen molar-refractivity contribution in [3.8, 4) is 17.2 Å². The predicted molar refractivity (Wildman–Crippen MR) is 131 cm³/mol. The summed E-state index contributed by atoms with van der Waals surface area (Å²) in [5, 5.41) is 9.17. The number of allylic oxidation sites excluding steroid dienone is 1. The third-order valence-corrected chi connectivity index (χ3v) is 7.37. The molecule has 1 aliphatic heterocycles. The third-order valence-electron chi connectivity index (χ3n) is 7.01. The molecule has 0 unspecified atom stereocenters. The number of nitrogens with one attached hydrogen (secondary N) is 3. The molecule has 2 atom stereocenters. The van der Waals surface area contributed by atoms with Gasteiger partial charge in [-0.05, 0) is 19.3 Å². The van der Waals surface area contributed by atoms with Crippen LogP contribution in [0.3, 0.4) is 0 Å². The highest BCUT2D eigenvalue weighted by Crippen LogP contribution is 2.52. The summed E-state index contributed by atoms with van der Waals surface area (Å²) in [6.45, 7) is 2.64. The van der Waals surface area contributed by atoms with E-state index in [4.69, 9.17) is 25.8 Å². The second-order valence-corrected chi connectivity index (χ2v) is 9.64. The van der Waals surface area contributed by atoms with Gasteiger partial charge >= 0.3 is 6.03 Å². The van der Waals surface area contributed by atoms with Crippen LogP contribution in [0.25, 0.3) is 0 Å². The Morgan fingerprint density at radius 3 is 2.51 bits per heavy atom. The van der Waals surface area contributed by atoms with Crippen molar-refractivity contribution in [3.63, 3.8) is 0 Å². The lowest BCUT2D eigenvalue weighted by Gasteiger charge is -2.35. The number of hydrogen-bond acceptors (Lipinski definition) is 7. The summed E-state index contributed by atoms with van der Waals surface area (Å²) >= 11 is 6.41. The molecule has 0 saturated heterocycles. The quantitative estimate of drug-likeness (QED) is 0.384. The molecule has 0 bridgehead atoms. The summed E-state index contributed by atoms with van der Waals surface area (Å²) < 4.78 is 16.7. The molecule has 10 heteroatoms. The Labute approximate surface area is 209 Å². The minimum absolute atomic E-state index is 0.103. The van der Waals surface area contributed by atoms with Gasteiger partial charge in [0.25, 0.3) is 0 Å². The molecule has 4 rings (SSSR count). The minimum Gasteiger partial charge on any atom is -0.496 e. The van der Waals surface area contributed by atoms with Crippen LogP contribution in [0, 0.1) is 5.92 Å². The van der Waals surface area contributed by atoms with E-state index in [1.54, 1.807) is 6.92 Å². The van der Waals surface area contributed by atoms with Crippen molar-refractivity contribution in [2.24, 2.45) is 5.92 Å². The van der Waals surface area contributed by atoms with Crippen LogP contribution in [0.4, 0.5) is 4.79 Å². The number of hydrogen-bond donors (Lipinski definition) is 3. The first kappa shape index (κ1) is 25.2. The molecule has 3 N–H and O–H groups in total. The molecular formula is C25H32ClN3O6. The molecule has 2 aliphatic carbocycles. The fraction of sp³-hybridized carbons (Fsp3) is 0.560. The lowest BCUT2D eigenvalue weighted by Crippen LogP contribution is -2.55. The summed E-state index contributed by atoms with van der Waals surface area (Å²) in [4.78, 5) is 38.9. The van der Waals surface area contributed by atoms with Crippen LogP contribution < -0.4 is 30.2 Å². The molecule has 1 aromatic carbocycles. The van der Waals surface area contributed by atoms with Gasteiger partial charge in [-0.1, -0.05) is 37.8 Å². The molecule has 1 spiro atoms. The molecule has 1 heterocycles. The minimum atomic E-state index is -1.70. The van der Waals surface area contributed by atoms with E-state index in [0.29, 0.717) is 31.0 Å². The van der Waals surface area contributed by atoms with Crippen LogP contribution in [0.5, 0.6) is 17.2 Å². The molecule has 3 aliphatic rings. The van der Waals surface area contributed by atoms with Gasteiger partial charge in [-0.2, -0.15) is 0 Å². The Balaban J connectivity index is 1.39. The zero-order valence-corrected chi connectivity index (χ0v) is 21.0. The van der Waals surface area contributed by atoms with Crippen LogP contribution in [0.2, 0.25) is 5.02 Å². The molecule has 1 aromatic rings. The van der Waals surface area contributed by atoms with E-state index >= 15 is 0 Å². The normalized spacial score (nSPS) is 23.9. The van der Waals surface area contributed by atoms with Gasteiger partial charge in [-0.3, -0.25) is 9.59 Å². The van der Waals surface area contributed by atoms with Crippen molar-refractivity contribution < 1.29 is 28.6 Å². The van der Waals surface area contributed by atoms with Crippen LogP contribution in [-0.2, 0) is 4.79 Å². The second kappa shape index (κ2) is 10.4. The maximum Gasteiger partial charge on any atom is 0.315 e. The number of amides is 2. The number of halogens is 1. The largest absolute Gasteiger partial charge is 0.496 e. The molecule has 9 nitrogen and oxygen atoms in total. The summed E-state index contributed by atoms with van der Waals surface area (Å²) in [5.41, 5.74) is -0.864. The number of urea groups is 1. The van der Waals surface area contributed by atoms with Crippen molar-refractivity contribution in [3.05, 3.63) is 28.4 Å². The fourth-order valence-electron chi connectivity index (χ4n) is 5.13. The Morgan fingerprint density at radius 2 is 1.86 bits per heavy atom. The summed E-state index contributed by atoms with van der Waals surface area (Å²) in [6, 6.07) is 1.58. The summed E-state index contributed by atoms with van der Waals surface area (Å²) in [6.07, 6.45) is 7.40. The van der Waals surface area contributed by atoms with Gasteiger partial charge in [0.2, 0.25) is 17.2 Å². The number of ketones is 2. The third kappa shape index (κ3) is 4.66. The summed E-state index contributed by atoms with van der Waals surface area (Å²) in [7, 11) is 2.88. The van der Waals surface area contributed by atoms with E-state index in [1.165, 1.54) is 32.8 Å². The Bertz CT molecular complexity index is 1050. The average Bonchev–Trinajstić information content (AvgIpc) is 3.16. The van der Waals surface area contributed by atoms with Crippen molar-refractivity contribution in [1.29, 1.82) is 0 Å². The molecule has 35 heavy (non-hydrogen) atoms.